The zero-order valence-corrected chi connectivity index (χ0v) is 18.9. The summed E-state index contributed by atoms with van der Waals surface area (Å²) in [5.74, 6) is -4.83. The summed E-state index contributed by atoms with van der Waals surface area (Å²) in [4.78, 5) is 58.6. The van der Waals surface area contributed by atoms with E-state index in [1.165, 1.54) is 0 Å². The quantitative estimate of drug-likeness (QED) is 0.246. The second kappa shape index (κ2) is 12.9. The molecule has 1 aromatic rings. The van der Waals surface area contributed by atoms with Crippen LogP contribution in [0.1, 0.15) is 33.6 Å². The molecule has 36 heavy (non-hydrogen) atoms. The number of fused-ring (bicyclic) bond motifs is 1. The number of halogens is 3. The van der Waals surface area contributed by atoms with Crippen LogP contribution < -0.4 is 16.4 Å². The van der Waals surface area contributed by atoms with Crippen molar-refractivity contribution < 1.29 is 51.7 Å². The van der Waals surface area contributed by atoms with E-state index in [-0.39, 0.29) is 24.0 Å². The molecule has 1 atom stereocenters. The molecule has 0 aromatic heterocycles. The van der Waals surface area contributed by atoms with Crippen LogP contribution >= 0.6 is 0 Å². The fraction of sp³-hybridized carbons (Fsp3) is 0.476. The lowest BCUT2D eigenvalue weighted by molar-refractivity contribution is -0.192. The number of carbonyl (C=O) groups excluding carboxylic acids is 4. The van der Waals surface area contributed by atoms with E-state index in [1.54, 1.807) is 18.2 Å². The van der Waals surface area contributed by atoms with Crippen molar-refractivity contribution in [2.45, 2.75) is 25.1 Å². The molecule has 0 aliphatic carbocycles. The maximum Gasteiger partial charge on any atom is 0.490 e. The number of hydrogen-bond acceptors (Lipinski definition) is 9. The first-order chi connectivity index (χ1) is 17.0. The number of nitrogens with one attached hydrogen (secondary N) is 2. The molecule has 15 heteroatoms. The van der Waals surface area contributed by atoms with Gasteiger partial charge in [-0.05, 0) is 24.6 Å². The van der Waals surface area contributed by atoms with Crippen LogP contribution in [0, 0.1) is 0 Å². The number of alkyl halides is 3. The third kappa shape index (κ3) is 7.73. The van der Waals surface area contributed by atoms with Gasteiger partial charge < -0.3 is 25.6 Å². The van der Waals surface area contributed by atoms with Crippen LogP contribution in [0.3, 0.4) is 0 Å². The SMILES string of the molecule is NCCOCCOCCNc1ccc2c(c1)C(=O)N(C1CCC(=O)NC1=O)C2=O.O=C(O)C(F)(F)F. The molecule has 1 saturated heterocycles. The van der Waals surface area contributed by atoms with E-state index >= 15 is 0 Å². The van der Waals surface area contributed by atoms with Crippen molar-refractivity contribution in [2.24, 2.45) is 5.73 Å². The van der Waals surface area contributed by atoms with E-state index in [2.05, 4.69) is 10.6 Å². The first-order valence-corrected chi connectivity index (χ1v) is 10.7. The highest BCUT2D eigenvalue weighted by molar-refractivity contribution is 6.23. The minimum absolute atomic E-state index is 0.0912. The van der Waals surface area contributed by atoms with Crippen molar-refractivity contribution in [3.8, 4) is 0 Å². The van der Waals surface area contributed by atoms with Crippen molar-refractivity contribution in [3.05, 3.63) is 29.3 Å². The summed E-state index contributed by atoms with van der Waals surface area (Å²) in [5, 5.41) is 12.4. The maximum absolute atomic E-state index is 12.8. The molecule has 0 radical (unpaired) electrons. The number of benzene rings is 1. The molecule has 1 fully saturated rings. The zero-order valence-electron chi connectivity index (χ0n) is 18.9. The van der Waals surface area contributed by atoms with Crippen LogP contribution in [0.4, 0.5) is 18.9 Å². The van der Waals surface area contributed by atoms with Gasteiger partial charge in [0.2, 0.25) is 11.8 Å². The Morgan fingerprint density at radius 3 is 2.28 bits per heavy atom. The molecule has 12 nitrogen and oxygen atoms in total. The van der Waals surface area contributed by atoms with Gasteiger partial charge in [0.25, 0.3) is 11.8 Å². The van der Waals surface area contributed by atoms with Gasteiger partial charge in [-0.1, -0.05) is 0 Å². The number of nitrogens with zero attached hydrogens (tertiary/aromatic N) is 1. The van der Waals surface area contributed by atoms with Crippen LogP contribution in [-0.4, -0.2) is 91.3 Å². The molecule has 0 saturated carbocycles. The molecule has 0 spiro atoms. The average molecular weight is 518 g/mol. The number of imide groups is 2. The maximum atomic E-state index is 12.8. The molecule has 5 N–H and O–H groups in total. The van der Waals surface area contributed by atoms with Gasteiger partial charge in [-0.3, -0.25) is 29.4 Å². The van der Waals surface area contributed by atoms with E-state index in [4.69, 9.17) is 25.1 Å². The number of carboxylic acids is 1. The number of carboxylic acid groups (broad SMARTS) is 1. The summed E-state index contributed by atoms with van der Waals surface area (Å²) in [6, 6.07) is 3.88. The molecule has 1 aromatic carbocycles. The molecule has 2 aliphatic rings. The van der Waals surface area contributed by atoms with E-state index in [0.29, 0.717) is 45.2 Å². The number of ether oxygens (including phenoxy) is 2. The molecule has 3 rings (SSSR count). The molecule has 4 amide bonds. The van der Waals surface area contributed by atoms with Gasteiger partial charge in [-0.25, -0.2) is 4.79 Å². The lowest BCUT2D eigenvalue weighted by Crippen LogP contribution is -2.54. The Morgan fingerprint density at radius 2 is 1.69 bits per heavy atom. The monoisotopic (exact) mass is 518 g/mol. The van der Waals surface area contributed by atoms with Gasteiger partial charge in [0.15, 0.2) is 0 Å². The van der Waals surface area contributed by atoms with Crippen molar-refractivity contribution in [3.63, 3.8) is 0 Å². The molecule has 198 valence electrons. The topological polar surface area (TPSA) is 177 Å². The summed E-state index contributed by atoms with van der Waals surface area (Å²) < 4.78 is 42.4. The second-order valence-corrected chi connectivity index (χ2v) is 7.45. The van der Waals surface area contributed by atoms with Crippen molar-refractivity contribution in [1.29, 1.82) is 0 Å². The van der Waals surface area contributed by atoms with Crippen LogP contribution in [0.2, 0.25) is 0 Å². The normalized spacial score (nSPS) is 17.3. The average Bonchev–Trinajstić information content (AvgIpc) is 3.05. The predicted octanol–water partition coefficient (Wildman–Crippen LogP) is 0.125. The van der Waals surface area contributed by atoms with Gasteiger partial charge in [0, 0.05) is 25.2 Å². The van der Waals surface area contributed by atoms with Gasteiger partial charge in [-0.15, -0.1) is 0 Å². The van der Waals surface area contributed by atoms with E-state index in [9.17, 15) is 32.3 Å². The van der Waals surface area contributed by atoms with E-state index in [1.807, 2.05) is 0 Å². The zero-order chi connectivity index (χ0) is 26.9. The lowest BCUT2D eigenvalue weighted by Gasteiger charge is -2.27. The summed E-state index contributed by atoms with van der Waals surface area (Å²) in [7, 11) is 0. The summed E-state index contributed by atoms with van der Waals surface area (Å²) in [6.45, 7) is 2.86. The Balaban J connectivity index is 0.000000572. The Bertz CT molecular complexity index is 1000. The fourth-order valence-corrected chi connectivity index (χ4v) is 3.25. The first-order valence-electron chi connectivity index (χ1n) is 10.7. The predicted molar refractivity (Wildman–Crippen MR) is 116 cm³/mol. The standard InChI is InChI=1S/C19H24N4O6.C2HF3O2/c20-5-7-28-9-10-29-8-6-21-12-1-2-13-14(11-12)19(27)23(18(13)26)15-3-4-16(24)22-17(15)25;3-2(4,5)1(6)7/h1-2,11,15,21H,3-10,20H2,(H,22,24,25);(H,6,7). The Kier molecular flexibility index (Phi) is 10.3. The molecule has 0 bridgehead atoms. The van der Waals surface area contributed by atoms with E-state index < -0.39 is 41.8 Å². The highest BCUT2D eigenvalue weighted by Crippen LogP contribution is 2.29. The van der Waals surface area contributed by atoms with Crippen LogP contribution in [0.25, 0.3) is 0 Å². The number of anilines is 1. The number of aliphatic carboxylic acids is 1. The van der Waals surface area contributed by atoms with Crippen molar-refractivity contribution >= 4 is 35.3 Å². The Hall–Kier alpha value is -3.56. The third-order valence-electron chi connectivity index (χ3n) is 4.89. The van der Waals surface area contributed by atoms with Crippen molar-refractivity contribution in [1.82, 2.24) is 10.2 Å². The van der Waals surface area contributed by atoms with Gasteiger partial charge >= 0.3 is 12.1 Å². The number of piperidine rings is 1. The van der Waals surface area contributed by atoms with Gasteiger partial charge in [0.05, 0.1) is 37.6 Å². The minimum atomic E-state index is -5.08. The van der Waals surface area contributed by atoms with Crippen LogP contribution in [-0.2, 0) is 23.9 Å². The largest absolute Gasteiger partial charge is 0.490 e. The van der Waals surface area contributed by atoms with Crippen LogP contribution in [0.5, 0.6) is 0 Å². The molecular weight excluding hydrogens is 493 g/mol. The van der Waals surface area contributed by atoms with Gasteiger partial charge in [0.1, 0.15) is 6.04 Å². The Morgan fingerprint density at radius 1 is 1.08 bits per heavy atom. The highest BCUT2D eigenvalue weighted by atomic mass is 19.4. The summed E-state index contributed by atoms with van der Waals surface area (Å²) >= 11 is 0. The number of rotatable bonds is 10. The van der Waals surface area contributed by atoms with Crippen molar-refractivity contribution in [2.75, 3.05) is 44.8 Å². The molecular formula is C21H25F3N4O8. The summed E-state index contributed by atoms with van der Waals surface area (Å²) in [6.07, 6.45) is -4.86. The number of hydrogen-bond donors (Lipinski definition) is 4. The number of carbonyl (C=O) groups is 5. The lowest BCUT2D eigenvalue weighted by atomic mass is 10.0. The van der Waals surface area contributed by atoms with E-state index in [0.717, 1.165) is 4.90 Å². The first kappa shape index (κ1) is 28.7. The summed E-state index contributed by atoms with van der Waals surface area (Å²) in [5.41, 5.74) is 6.47. The Labute approximate surface area is 202 Å². The molecule has 2 aliphatic heterocycles. The second-order valence-electron chi connectivity index (χ2n) is 7.45. The van der Waals surface area contributed by atoms with Crippen LogP contribution in [0.15, 0.2) is 18.2 Å². The smallest absolute Gasteiger partial charge is 0.475 e. The third-order valence-corrected chi connectivity index (χ3v) is 4.89. The minimum Gasteiger partial charge on any atom is -0.475 e. The highest BCUT2D eigenvalue weighted by Gasteiger charge is 2.44. The molecule has 1 unspecified atom stereocenters. The number of nitrogens with two attached hydrogens (primary N) is 1. The van der Waals surface area contributed by atoms with Gasteiger partial charge in [-0.2, -0.15) is 13.2 Å². The number of amides is 4. The fourth-order valence-electron chi connectivity index (χ4n) is 3.25. The molecule has 2 heterocycles.